The Morgan fingerprint density at radius 1 is 1.17 bits per heavy atom. The molecule has 2 heterocycles. The van der Waals surface area contributed by atoms with E-state index in [0.717, 1.165) is 18.3 Å². The van der Waals surface area contributed by atoms with Gasteiger partial charge in [-0.05, 0) is 42.8 Å². The molecule has 5 nitrogen and oxygen atoms in total. The Morgan fingerprint density at radius 3 is 2.50 bits per heavy atom. The van der Waals surface area contributed by atoms with Gasteiger partial charge in [0.1, 0.15) is 10.7 Å². The molecule has 0 amide bonds. The lowest BCUT2D eigenvalue weighted by molar-refractivity contribution is -0.140. The van der Waals surface area contributed by atoms with Crippen LogP contribution in [0.15, 0.2) is 47.6 Å². The molecule has 160 valence electrons. The van der Waals surface area contributed by atoms with Gasteiger partial charge in [-0.15, -0.1) is 0 Å². The van der Waals surface area contributed by atoms with Crippen molar-refractivity contribution in [3.8, 4) is 11.4 Å². The van der Waals surface area contributed by atoms with Crippen molar-refractivity contribution in [2.45, 2.75) is 24.4 Å². The van der Waals surface area contributed by atoms with E-state index in [4.69, 9.17) is 0 Å². The van der Waals surface area contributed by atoms with Gasteiger partial charge in [0.25, 0.3) is 16.4 Å². The number of aromatic nitrogens is 2. The topological polar surface area (TPSA) is 74.8 Å². The molecule has 2 aromatic heterocycles. The van der Waals surface area contributed by atoms with E-state index in [-0.39, 0.29) is 17.0 Å². The lowest BCUT2D eigenvalue weighted by Crippen LogP contribution is -2.15. The monoisotopic (exact) mass is 449 g/mol. The van der Waals surface area contributed by atoms with Gasteiger partial charge in [0.15, 0.2) is 0 Å². The number of sulfonamides is 1. The smallest absolute Gasteiger partial charge is 0.359 e. The number of H-pyrrole nitrogens is 1. The van der Waals surface area contributed by atoms with Crippen LogP contribution in [-0.2, 0) is 16.2 Å². The number of anilines is 1. The Hall–Kier alpha value is -3.02. The van der Waals surface area contributed by atoms with Crippen LogP contribution in [0, 0.1) is 12.7 Å². The first kappa shape index (κ1) is 21.7. The summed E-state index contributed by atoms with van der Waals surface area (Å²) in [6.07, 6.45) is -5.54. The van der Waals surface area contributed by atoms with Crippen molar-refractivity contribution in [1.82, 2.24) is 9.97 Å². The number of benzene rings is 1. The van der Waals surface area contributed by atoms with Crippen LogP contribution in [0.5, 0.6) is 0 Å². The third-order valence-corrected chi connectivity index (χ3v) is 5.50. The first-order valence-electron chi connectivity index (χ1n) is 8.22. The highest BCUT2D eigenvalue weighted by Gasteiger charge is 2.35. The summed E-state index contributed by atoms with van der Waals surface area (Å²) in [5.41, 5.74) is -2.67. The fourth-order valence-electron chi connectivity index (χ4n) is 2.70. The van der Waals surface area contributed by atoms with Crippen LogP contribution in [0.25, 0.3) is 11.4 Å². The Bertz CT molecular complexity index is 1190. The molecule has 3 rings (SSSR count). The number of aromatic amines is 1. The normalized spacial score (nSPS) is 12.4. The molecule has 0 aliphatic heterocycles. The minimum absolute atomic E-state index is 0.0124. The number of alkyl halides is 5. The fourth-order valence-corrected chi connectivity index (χ4v) is 3.81. The molecule has 0 saturated heterocycles. The molecule has 2 N–H and O–H groups in total. The van der Waals surface area contributed by atoms with Crippen LogP contribution in [0.4, 0.5) is 32.0 Å². The van der Waals surface area contributed by atoms with Gasteiger partial charge in [0, 0.05) is 18.0 Å². The first-order valence-corrected chi connectivity index (χ1v) is 9.70. The van der Waals surface area contributed by atoms with Crippen molar-refractivity contribution in [3.05, 3.63) is 65.2 Å². The van der Waals surface area contributed by atoms with Crippen molar-refractivity contribution >= 4 is 15.7 Å². The third-order valence-electron chi connectivity index (χ3n) is 4.16. The van der Waals surface area contributed by atoms with Gasteiger partial charge in [-0.2, -0.15) is 13.2 Å². The molecule has 0 unspecified atom stereocenters. The van der Waals surface area contributed by atoms with Crippen molar-refractivity contribution < 1.29 is 34.8 Å². The summed E-state index contributed by atoms with van der Waals surface area (Å²) in [5, 5.41) is 0. The quantitative estimate of drug-likeness (QED) is 0.521. The molecule has 0 bridgehead atoms. The van der Waals surface area contributed by atoms with E-state index in [1.165, 1.54) is 19.2 Å². The van der Waals surface area contributed by atoms with Crippen molar-refractivity contribution in [1.29, 1.82) is 0 Å². The summed E-state index contributed by atoms with van der Waals surface area (Å²) in [5.74, 6) is -1.64. The predicted octanol–water partition coefficient (Wildman–Crippen LogP) is 5.28. The van der Waals surface area contributed by atoms with Gasteiger partial charge in [-0.25, -0.2) is 21.6 Å². The summed E-state index contributed by atoms with van der Waals surface area (Å²) in [4.78, 5) is 5.95. The van der Waals surface area contributed by atoms with Crippen LogP contribution in [0.3, 0.4) is 0 Å². The summed E-state index contributed by atoms with van der Waals surface area (Å²) in [7, 11) is -4.37. The molecule has 0 aliphatic carbocycles. The highest BCUT2D eigenvalue weighted by atomic mass is 32.2. The molecule has 0 saturated carbocycles. The van der Waals surface area contributed by atoms with Crippen molar-refractivity contribution in [3.63, 3.8) is 0 Å². The number of hydrogen-bond donors (Lipinski definition) is 2. The molecule has 0 atom stereocenters. The van der Waals surface area contributed by atoms with E-state index in [9.17, 15) is 34.8 Å². The van der Waals surface area contributed by atoms with Gasteiger partial charge in [0.2, 0.25) is 0 Å². The van der Waals surface area contributed by atoms with Crippen LogP contribution in [0.2, 0.25) is 0 Å². The Kier molecular flexibility index (Phi) is 5.54. The lowest BCUT2D eigenvalue weighted by atomic mass is 10.1. The Balaban J connectivity index is 1.95. The second-order valence-corrected chi connectivity index (χ2v) is 7.92. The third kappa shape index (κ3) is 4.27. The molecule has 1 aromatic carbocycles. The zero-order valence-corrected chi connectivity index (χ0v) is 15.9. The first-order chi connectivity index (χ1) is 13.9. The lowest BCUT2D eigenvalue weighted by Gasteiger charge is -2.14. The average Bonchev–Trinajstić information content (AvgIpc) is 3.14. The number of pyridine rings is 1. The van der Waals surface area contributed by atoms with Gasteiger partial charge in [-0.3, -0.25) is 9.71 Å². The standard InChI is InChI=1S/C18H13F6N3O2S/c1-9-5-12(18(22,23)24)13(19)7-14(9)27-30(28,29)10-6-15(26-8-10)16-11(17(20)21)3-2-4-25-16/h2-8,17,26-27H,1H3. The average molecular weight is 449 g/mol. The van der Waals surface area contributed by atoms with Crippen LogP contribution in [-0.4, -0.2) is 18.4 Å². The molecule has 0 fully saturated rings. The minimum Gasteiger partial charge on any atom is -0.359 e. The largest absolute Gasteiger partial charge is 0.419 e. The molecular formula is C18H13F6N3O2S. The van der Waals surface area contributed by atoms with Crippen molar-refractivity contribution in [2.75, 3.05) is 4.72 Å². The number of aryl methyl sites for hydroxylation is 1. The molecule has 0 spiro atoms. The molecule has 3 aromatic rings. The maximum Gasteiger partial charge on any atom is 0.419 e. The van der Waals surface area contributed by atoms with Gasteiger partial charge in [0.05, 0.1) is 22.6 Å². The number of hydrogen-bond acceptors (Lipinski definition) is 3. The zero-order chi connectivity index (χ0) is 22.3. The van der Waals surface area contributed by atoms with Gasteiger partial charge >= 0.3 is 6.18 Å². The van der Waals surface area contributed by atoms with E-state index in [0.29, 0.717) is 12.1 Å². The van der Waals surface area contributed by atoms with E-state index in [1.54, 1.807) is 0 Å². The van der Waals surface area contributed by atoms with E-state index in [1.807, 2.05) is 4.72 Å². The van der Waals surface area contributed by atoms with Crippen molar-refractivity contribution in [2.24, 2.45) is 0 Å². The number of rotatable bonds is 5. The summed E-state index contributed by atoms with van der Waals surface area (Å²) in [6, 6.07) is 4.38. The number of nitrogens with one attached hydrogen (secondary N) is 2. The Morgan fingerprint density at radius 2 is 1.87 bits per heavy atom. The summed E-state index contributed by atoms with van der Waals surface area (Å²) in [6.45, 7) is 1.18. The van der Waals surface area contributed by atoms with Crippen LogP contribution >= 0.6 is 0 Å². The summed E-state index contributed by atoms with van der Waals surface area (Å²) >= 11 is 0. The van der Waals surface area contributed by atoms with E-state index in [2.05, 4.69) is 9.97 Å². The van der Waals surface area contributed by atoms with Crippen LogP contribution < -0.4 is 4.72 Å². The molecule has 0 aliphatic rings. The molecule has 0 radical (unpaired) electrons. The second kappa shape index (κ2) is 7.67. The van der Waals surface area contributed by atoms with Gasteiger partial charge < -0.3 is 4.98 Å². The summed E-state index contributed by atoms with van der Waals surface area (Å²) < 4.78 is 106. The van der Waals surface area contributed by atoms with E-state index < -0.39 is 50.2 Å². The maximum absolute atomic E-state index is 13.8. The zero-order valence-electron chi connectivity index (χ0n) is 15.1. The number of nitrogens with zero attached hydrogens (tertiary/aromatic N) is 1. The molecular weight excluding hydrogens is 436 g/mol. The highest BCUT2D eigenvalue weighted by molar-refractivity contribution is 7.92. The second-order valence-electron chi connectivity index (χ2n) is 6.24. The highest BCUT2D eigenvalue weighted by Crippen LogP contribution is 2.35. The molecule has 30 heavy (non-hydrogen) atoms. The molecule has 12 heteroatoms. The maximum atomic E-state index is 13.8. The van der Waals surface area contributed by atoms with E-state index >= 15 is 0 Å². The fraction of sp³-hybridized carbons (Fsp3) is 0.167. The van der Waals surface area contributed by atoms with Gasteiger partial charge in [-0.1, -0.05) is 0 Å². The Labute approximate surface area is 166 Å². The minimum atomic E-state index is -4.94. The number of halogens is 6. The predicted molar refractivity (Wildman–Crippen MR) is 95.9 cm³/mol. The SMILES string of the molecule is Cc1cc(C(F)(F)F)c(F)cc1NS(=O)(=O)c1c[nH]c(-c2ncccc2C(F)F)c1. The van der Waals surface area contributed by atoms with Crippen LogP contribution in [0.1, 0.15) is 23.1 Å².